The molecule has 0 aliphatic carbocycles. The predicted molar refractivity (Wildman–Crippen MR) is 80.7 cm³/mol. The van der Waals surface area contributed by atoms with Crippen LogP contribution in [-0.4, -0.2) is 13.3 Å². The van der Waals surface area contributed by atoms with Crippen LogP contribution in [0.4, 0.5) is 18.9 Å². The summed E-state index contributed by atoms with van der Waals surface area (Å²) >= 11 is 5.85. The maximum Gasteiger partial charge on any atom is 0.416 e. The van der Waals surface area contributed by atoms with Crippen molar-refractivity contribution in [2.24, 2.45) is 5.10 Å². The van der Waals surface area contributed by atoms with Crippen molar-refractivity contribution < 1.29 is 17.9 Å². The molecule has 0 heterocycles. The van der Waals surface area contributed by atoms with Gasteiger partial charge in [0, 0.05) is 0 Å². The zero-order valence-corrected chi connectivity index (χ0v) is 12.2. The lowest BCUT2D eigenvalue weighted by Gasteiger charge is -2.09. The number of hydrazone groups is 1. The highest BCUT2D eigenvalue weighted by atomic mass is 35.5. The van der Waals surface area contributed by atoms with Crippen molar-refractivity contribution in [1.82, 2.24) is 0 Å². The molecular weight excluding hydrogens is 317 g/mol. The van der Waals surface area contributed by atoms with Crippen molar-refractivity contribution in [1.29, 1.82) is 0 Å². The number of benzene rings is 2. The minimum Gasteiger partial charge on any atom is -0.497 e. The standard InChI is InChI=1S/C15H12ClF3N2O/c1-22-12-4-2-3-10(7-12)9-20-21-14-8-11(15(17,18)19)5-6-13(14)16/h2-9,21H,1H3/b20-9+. The van der Waals surface area contributed by atoms with Gasteiger partial charge in [0.1, 0.15) is 5.75 Å². The quantitative estimate of drug-likeness (QED) is 0.645. The van der Waals surface area contributed by atoms with Crippen LogP contribution in [0.1, 0.15) is 11.1 Å². The fourth-order valence-corrected chi connectivity index (χ4v) is 1.85. The van der Waals surface area contributed by atoms with E-state index in [1.165, 1.54) is 19.4 Å². The molecule has 0 radical (unpaired) electrons. The van der Waals surface area contributed by atoms with Gasteiger partial charge in [-0.1, -0.05) is 23.7 Å². The lowest BCUT2D eigenvalue weighted by Crippen LogP contribution is -2.05. The molecule has 22 heavy (non-hydrogen) atoms. The number of ether oxygens (including phenoxy) is 1. The van der Waals surface area contributed by atoms with Crippen LogP contribution < -0.4 is 10.2 Å². The van der Waals surface area contributed by atoms with Crippen molar-refractivity contribution in [3.63, 3.8) is 0 Å². The lowest BCUT2D eigenvalue weighted by molar-refractivity contribution is -0.137. The Morgan fingerprint density at radius 3 is 2.64 bits per heavy atom. The van der Waals surface area contributed by atoms with Crippen molar-refractivity contribution in [3.05, 3.63) is 58.6 Å². The van der Waals surface area contributed by atoms with Crippen LogP contribution in [0, 0.1) is 0 Å². The topological polar surface area (TPSA) is 33.6 Å². The third kappa shape index (κ3) is 4.14. The number of hydrogen-bond donors (Lipinski definition) is 1. The largest absolute Gasteiger partial charge is 0.497 e. The Balaban J connectivity index is 2.15. The lowest BCUT2D eigenvalue weighted by atomic mass is 10.2. The summed E-state index contributed by atoms with van der Waals surface area (Å²) in [5.74, 6) is 0.654. The minimum atomic E-state index is -4.43. The molecule has 116 valence electrons. The van der Waals surface area contributed by atoms with Crippen LogP contribution >= 0.6 is 11.6 Å². The maximum atomic E-state index is 12.6. The van der Waals surface area contributed by atoms with Gasteiger partial charge in [-0.15, -0.1) is 0 Å². The molecule has 1 N–H and O–H groups in total. The number of methoxy groups -OCH3 is 1. The first-order chi connectivity index (χ1) is 10.4. The number of rotatable bonds is 4. The smallest absolute Gasteiger partial charge is 0.416 e. The van der Waals surface area contributed by atoms with E-state index in [4.69, 9.17) is 16.3 Å². The van der Waals surface area contributed by atoms with Gasteiger partial charge in [-0.3, -0.25) is 5.43 Å². The monoisotopic (exact) mass is 328 g/mol. The highest BCUT2D eigenvalue weighted by Crippen LogP contribution is 2.33. The fourth-order valence-electron chi connectivity index (χ4n) is 1.69. The summed E-state index contributed by atoms with van der Waals surface area (Å²) in [6, 6.07) is 10.1. The summed E-state index contributed by atoms with van der Waals surface area (Å²) in [4.78, 5) is 0. The molecule has 0 amide bonds. The van der Waals surface area contributed by atoms with Crippen LogP contribution in [0.15, 0.2) is 47.6 Å². The van der Waals surface area contributed by atoms with Gasteiger partial charge in [0.2, 0.25) is 0 Å². The molecule has 3 nitrogen and oxygen atoms in total. The summed E-state index contributed by atoms with van der Waals surface area (Å²) in [6.45, 7) is 0. The van der Waals surface area contributed by atoms with Crippen LogP contribution in [0.2, 0.25) is 5.02 Å². The minimum absolute atomic E-state index is 0.0793. The van der Waals surface area contributed by atoms with Crippen molar-refractivity contribution in [2.45, 2.75) is 6.18 Å². The number of nitrogens with zero attached hydrogens (tertiary/aromatic N) is 1. The zero-order chi connectivity index (χ0) is 16.2. The first kappa shape index (κ1) is 16.2. The van der Waals surface area contributed by atoms with Crippen molar-refractivity contribution in [2.75, 3.05) is 12.5 Å². The van der Waals surface area contributed by atoms with Gasteiger partial charge in [0.05, 0.1) is 29.6 Å². The molecule has 0 saturated carbocycles. The molecule has 2 rings (SSSR count). The Bertz CT molecular complexity index is 687. The first-order valence-electron chi connectivity index (χ1n) is 6.20. The second-order valence-corrected chi connectivity index (χ2v) is 4.75. The Hall–Kier alpha value is -2.21. The Labute approximate surface area is 130 Å². The number of anilines is 1. The normalized spacial score (nSPS) is 11.7. The molecule has 0 atom stereocenters. The molecule has 0 aliphatic rings. The van der Waals surface area contributed by atoms with E-state index in [1.54, 1.807) is 24.3 Å². The molecule has 0 aromatic heterocycles. The molecular formula is C15H12ClF3N2O. The van der Waals surface area contributed by atoms with Crippen LogP contribution in [0.5, 0.6) is 5.75 Å². The highest BCUT2D eigenvalue weighted by Gasteiger charge is 2.30. The molecule has 7 heteroatoms. The molecule has 2 aromatic carbocycles. The van der Waals surface area contributed by atoms with Gasteiger partial charge in [-0.2, -0.15) is 18.3 Å². The summed E-state index contributed by atoms with van der Waals surface area (Å²) < 4.78 is 43.0. The van der Waals surface area contributed by atoms with Crippen molar-refractivity contribution in [3.8, 4) is 5.75 Å². The molecule has 0 fully saturated rings. The van der Waals surface area contributed by atoms with E-state index in [0.29, 0.717) is 5.75 Å². The predicted octanol–water partition coefficient (Wildman–Crippen LogP) is 4.81. The molecule has 0 aliphatic heterocycles. The van der Waals surface area contributed by atoms with Gasteiger partial charge in [0.15, 0.2) is 0 Å². The first-order valence-corrected chi connectivity index (χ1v) is 6.58. The highest BCUT2D eigenvalue weighted by molar-refractivity contribution is 6.33. The maximum absolute atomic E-state index is 12.6. The van der Waals surface area contributed by atoms with E-state index in [1.807, 2.05) is 0 Å². The van der Waals surface area contributed by atoms with E-state index in [0.717, 1.165) is 17.7 Å². The summed E-state index contributed by atoms with van der Waals surface area (Å²) in [7, 11) is 1.54. The molecule has 0 saturated heterocycles. The summed E-state index contributed by atoms with van der Waals surface area (Å²) in [5, 5.41) is 4.04. The molecule has 0 unspecified atom stereocenters. The van der Waals surface area contributed by atoms with Crippen LogP contribution in [0.25, 0.3) is 0 Å². The van der Waals surface area contributed by atoms with E-state index in [2.05, 4.69) is 10.5 Å². The summed E-state index contributed by atoms with van der Waals surface area (Å²) in [5.41, 5.74) is 2.52. The Morgan fingerprint density at radius 2 is 1.95 bits per heavy atom. The molecule has 0 spiro atoms. The second kappa shape index (κ2) is 6.70. The third-order valence-corrected chi connectivity index (χ3v) is 3.12. The van der Waals surface area contributed by atoms with Gasteiger partial charge in [-0.05, 0) is 35.9 Å². The van der Waals surface area contributed by atoms with Gasteiger partial charge in [0.25, 0.3) is 0 Å². The number of hydrogen-bond acceptors (Lipinski definition) is 3. The SMILES string of the molecule is COc1cccc(/C=N/Nc2cc(C(F)(F)F)ccc2Cl)c1. The number of halogens is 4. The second-order valence-electron chi connectivity index (χ2n) is 4.34. The average Bonchev–Trinajstić information content (AvgIpc) is 2.48. The zero-order valence-electron chi connectivity index (χ0n) is 11.5. The van der Waals surface area contributed by atoms with E-state index < -0.39 is 11.7 Å². The average molecular weight is 329 g/mol. The fraction of sp³-hybridized carbons (Fsp3) is 0.133. The molecule has 0 bridgehead atoms. The van der Waals surface area contributed by atoms with Crippen LogP contribution in [-0.2, 0) is 6.18 Å². The molecule has 2 aromatic rings. The van der Waals surface area contributed by atoms with Gasteiger partial charge < -0.3 is 4.74 Å². The number of nitrogens with one attached hydrogen (secondary N) is 1. The van der Waals surface area contributed by atoms with Crippen molar-refractivity contribution >= 4 is 23.5 Å². The van der Waals surface area contributed by atoms with Gasteiger partial charge in [-0.25, -0.2) is 0 Å². The Kier molecular flexibility index (Phi) is 4.92. The summed E-state index contributed by atoms with van der Waals surface area (Å²) in [6.07, 6.45) is -2.98. The van der Waals surface area contributed by atoms with Crippen LogP contribution in [0.3, 0.4) is 0 Å². The third-order valence-electron chi connectivity index (χ3n) is 2.79. The Morgan fingerprint density at radius 1 is 1.18 bits per heavy atom. The van der Waals surface area contributed by atoms with E-state index >= 15 is 0 Å². The number of alkyl halides is 3. The van der Waals surface area contributed by atoms with Gasteiger partial charge >= 0.3 is 6.18 Å². The van der Waals surface area contributed by atoms with E-state index in [-0.39, 0.29) is 10.7 Å². The van der Waals surface area contributed by atoms with E-state index in [9.17, 15) is 13.2 Å².